The lowest BCUT2D eigenvalue weighted by atomic mass is 10.1. The van der Waals surface area contributed by atoms with E-state index >= 15 is 0 Å². The van der Waals surface area contributed by atoms with E-state index in [1.54, 1.807) is 6.92 Å². The maximum Gasteiger partial charge on any atom is 0.265 e. The Morgan fingerprint density at radius 2 is 2.28 bits per heavy atom. The summed E-state index contributed by atoms with van der Waals surface area (Å²) in [4.78, 5) is 11.5. The Balaban J connectivity index is 2.12. The summed E-state index contributed by atoms with van der Waals surface area (Å²) in [6, 6.07) is 6.22. The van der Waals surface area contributed by atoms with Crippen molar-refractivity contribution in [1.82, 2.24) is 0 Å². The van der Waals surface area contributed by atoms with Gasteiger partial charge in [0.05, 0.1) is 5.69 Å². The molecule has 0 spiro atoms. The molecule has 0 saturated heterocycles. The van der Waals surface area contributed by atoms with Crippen LogP contribution in [0, 0.1) is 0 Å². The van der Waals surface area contributed by atoms with Gasteiger partial charge in [0, 0.05) is 11.7 Å². The van der Waals surface area contributed by atoms with Crippen molar-refractivity contribution in [3.63, 3.8) is 0 Å². The van der Waals surface area contributed by atoms with Crippen LogP contribution in [0.1, 0.15) is 33.6 Å². The van der Waals surface area contributed by atoms with Crippen LogP contribution in [-0.4, -0.2) is 18.1 Å². The minimum atomic E-state index is -0.421. The van der Waals surface area contributed by atoms with E-state index < -0.39 is 6.10 Å². The predicted octanol–water partition coefficient (Wildman–Crippen LogP) is 3.01. The van der Waals surface area contributed by atoms with E-state index in [-0.39, 0.29) is 5.91 Å². The molecule has 1 aromatic rings. The standard InChI is InChI=1S/C14H20N2O2/c1-4-5-9(2)15-11-6-7-13-12(8-11)16-14(17)10(3)18-13/h6-10,15H,4-5H2,1-3H3,(H,16,17). The molecule has 2 rings (SSSR count). The maximum atomic E-state index is 11.5. The Labute approximate surface area is 108 Å². The van der Waals surface area contributed by atoms with Gasteiger partial charge in [-0.25, -0.2) is 0 Å². The second kappa shape index (κ2) is 5.29. The molecule has 4 heteroatoms. The zero-order valence-corrected chi connectivity index (χ0v) is 11.1. The zero-order chi connectivity index (χ0) is 13.1. The highest BCUT2D eigenvalue weighted by Crippen LogP contribution is 2.32. The third-order valence-corrected chi connectivity index (χ3v) is 3.05. The number of carbonyl (C=O) groups excluding carboxylic acids is 1. The number of fused-ring (bicyclic) bond motifs is 1. The van der Waals surface area contributed by atoms with Gasteiger partial charge < -0.3 is 15.4 Å². The number of carbonyl (C=O) groups is 1. The molecule has 0 radical (unpaired) electrons. The summed E-state index contributed by atoms with van der Waals surface area (Å²) < 4.78 is 5.51. The van der Waals surface area contributed by atoms with E-state index in [0.29, 0.717) is 6.04 Å². The van der Waals surface area contributed by atoms with Crippen LogP contribution in [0.15, 0.2) is 18.2 Å². The van der Waals surface area contributed by atoms with Crippen LogP contribution in [0.4, 0.5) is 11.4 Å². The molecule has 1 aliphatic rings. The summed E-state index contributed by atoms with van der Waals surface area (Å²) in [5, 5.41) is 6.26. The second-order valence-electron chi connectivity index (χ2n) is 4.79. The smallest absolute Gasteiger partial charge is 0.265 e. The van der Waals surface area contributed by atoms with Crippen molar-refractivity contribution in [3.05, 3.63) is 18.2 Å². The summed E-state index contributed by atoms with van der Waals surface area (Å²) in [6.45, 7) is 6.06. The molecular weight excluding hydrogens is 228 g/mol. The number of amides is 1. The van der Waals surface area contributed by atoms with Gasteiger partial charge in [0.15, 0.2) is 6.10 Å². The quantitative estimate of drug-likeness (QED) is 0.861. The molecule has 2 atom stereocenters. The summed E-state index contributed by atoms with van der Waals surface area (Å²) in [6.07, 6.45) is 1.85. The van der Waals surface area contributed by atoms with E-state index in [9.17, 15) is 4.79 Å². The molecule has 4 nitrogen and oxygen atoms in total. The Kier molecular flexibility index (Phi) is 3.75. The third-order valence-electron chi connectivity index (χ3n) is 3.05. The molecule has 18 heavy (non-hydrogen) atoms. The predicted molar refractivity (Wildman–Crippen MR) is 73.2 cm³/mol. The Morgan fingerprint density at radius 1 is 1.50 bits per heavy atom. The SMILES string of the molecule is CCCC(C)Nc1ccc2c(c1)NC(=O)C(C)O2. The fourth-order valence-corrected chi connectivity index (χ4v) is 2.09. The molecule has 0 saturated carbocycles. The number of anilines is 2. The lowest BCUT2D eigenvalue weighted by Gasteiger charge is -2.24. The number of ether oxygens (including phenoxy) is 1. The van der Waals surface area contributed by atoms with Crippen LogP contribution in [0.3, 0.4) is 0 Å². The highest BCUT2D eigenvalue weighted by molar-refractivity contribution is 5.98. The Bertz CT molecular complexity index is 445. The van der Waals surface area contributed by atoms with Crippen LogP contribution < -0.4 is 15.4 Å². The largest absolute Gasteiger partial charge is 0.479 e. The lowest BCUT2D eigenvalue weighted by molar-refractivity contribution is -0.122. The topological polar surface area (TPSA) is 50.4 Å². The lowest BCUT2D eigenvalue weighted by Crippen LogP contribution is -2.34. The molecule has 98 valence electrons. The van der Waals surface area contributed by atoms with Crippen LogP contribution in [0.5, 0.6) is 5.75 Å². The van der Waals surface area contributed by atoms with Gasteiger partial charge in [0.2, 0.25) is 0 Å². The van der Waals surface area contributed by atoms with E-state index in [1.807, 2.05) is 18.2 Å². The van der Waals surface area contributed by atoms with Crippen LogP contribution in [0.25, 0.3) is 0 Å². The highest BCUT2D eigenvalue weighted by Gasteiger charge is 2.23. The van der Waals surface area contributed by atoms with Crippen LogP contribution in [0.2, 0.25) is 0 Å². The normalized spacial score (nSPS) is 19.5. The van der Waals surface area contributed by atoms with Crippen molar-refractivity contribution >= 4 is 17.3 Å². The Hall–Kier alpha value is -1.71. The van der Waals surface area contributed by atoms with E-state index in [1.165, 1.54) is 0 Å². The zero-order valence-electron chi connectivity index (χ0n) is 11.1. The van der Waals surface area contributed by atoms with Crippen molar-refractivity contribution in [2.24, 2.45) is 0 Å². The first-order valence-corrected chi connectivity index (χ1v) is 6.48. The van der Waals surface area contributed by atoms with E-state index in [2.05, 4.69) is 24.5 Å². The molecule has 0 aromatic heterocycles. The number of hydrogen-bond donors (Lipinski definition) is 2. The van der Waals surface area contributed by atoms with Gasteiger partial charge in [-0.3, -0.25) is 4.79 Å². The average Bonchev–Trinajstić information content (AvgIpc) is 2.31. The molecule has 1 aromatic carbocycles. The first kappa shape index (κ1) is 12.7. The molecule has 1 heterocycles. The van der Waals surface area contributed by atoms with Gasteiger partial charge in [-0.1, -0.05) is 13.3 Å². The van der Waals surface area contributed by atoms with Crippen LogP contribution >= 0.6 is 0 Å². The minimum absolute atomic E-state index is 0.0961. The van der Waals surface area contributed by atoms with Crippen molar-refractivity contribution in [3.8, 4) is 5.75 Å². The average molecular weight is 248 g/mol. The molecule has 1 amide bonds. The molecule has 1 aliphatic heterocycles. The van der Waals surface area contributed by atoms with Crippen LogP contribution in [-0.2, 0) is 4.79 Å². The van der Waals surface area contributed by atoms with Gasteiger partial charge in [-0.05, 0) is 38.5 Å². The first-order chi connectivity index (χ1) is 8.60. The number of benzene rings is 1. The fourth-order valence-electron chi connectivity index (χ4n) is 2.09. The van der Waals surface area contributed by atoms with Gasteiger partial charge >= 0.3 is 0 Å². The third kappa shape index (κ3) is 2.75. The van der Waals surface area contributed by atoms with E-state index in [4.69, 9.17) is 4.74 Å². The summed E-state index contributed by atoms with van der Waals surface area (Å²) in [5.74, 6) is 0.636. The number of rotatable bonds is 4. The minimum Gasteiger partial charge on any atom is -0.479 e. The highest BCUT2D eigenvalue weighted by atomic mass is 16.5. The monoisotopic (exact) mass is 248 g/mol. The van der Waals surface area contributed by atoms with E-state index in [0.717, 1.165) is 30.0 Å². The van der Waals surface area contributed by atoms with Crippen molar-refractivity contribution in [1.29, 1.82) is 0 Å². The van der Waals surface area contributed by atoms with Gasteiger partial charge in [0.1, 0.15) is 5.75 Å². The fraction of sp³-hybridized carbons (Fsp3) is 0.500. The molecule has 2 N–H and O–H groups in total. The molecule has 0 aliphatic carbocycles. The van der Waals surface area contributed by atoms with Gasteiger partial charge in [-0.15, -0.1) is 0 Å². The van der Waals surface area contributed by atoms with Gasteiger partial charge in [-0.2, -0.15) is 0 Å². The van der Waals surface area contributed by atoms with Gasteiger partial charge in [0.25, 0.3) is 5.91 Å². The second-order valence-corrected chi connectivity index (χ2v) is 4.79. The molecule has 0 fully saturated rings. The first-order valence-electron chi connectivity index (χ1n) is 6.48. The number of hydrogen-bond acceptors (Lipinski definition) is 3. The van der Waals surface area contributed by atoms with Crippen molar-refractivity contribution in [2.45, 2.75) is 45.8 Å². The molecule has 2 unspecified atom stereocenters. The summed E-state index contributed by atoms with van der Waals surface area (Å²) in [5.41, 5.74) is 1.75. The Morgan fingerprint density at radius 3 is 3.00 bits per heavy atom. The summed E-state index contributed by atoms with van der Waals surface area (Å²) in [7, 11) is 0. The molecular formula is C14H20N2O2. The number of nitrogens with one attached hydrogen (secondary N) is 2. The summed E-state index contributed by atoms with van der Waals surface area (Å²) >= 11 is 0. The van der Waals surface area contributed by atoms with Crippen molar-refractivity contribution in [2.75, 3.05) is 10.6 Å². The molecule has 0 bridgehead atoms. The maximum absolute atomic E-state index is 11.5. The van der Waals surface area contributed by atoms with Crippen molar-refractivity contribution < 1.29 is 9.53 Å².